The topological polar surface area (TPSA) is 71.1 Å². The number of H-pyrrole nitrogens is 1. The fourth-order valence-electron chi connectivity index (χ4n) is 2.14. The highest BCUT2D eigenvalue weighted by atomic mass is 32.1. The first-order valence-electron chi connectivity index (χ1n) is 6.04. The number of rotatable bonds is 2. The Morgan fingerprint density at radius 2 is 2.47 bits per heavy atom. The standard InChI is InChI=1S/C12H14N4O2S/c1-8-4-14-11(15-8)9-6-18-3-2-16(9)12(17)10-5-13-7-19-10/h4-5,7,9H,2-3,6H2,1H3,(H,14,15)/t9-/m0/s1. The second-order valence-corrected chi connectivity index (χ2v) is 5.29. The van der Waals surface area contributed by atoms with Gasteiger partial charge in [-0.3, -0.25) is 9.78 Å². The lowest BCUT2D eigenvalue weighted by Crippen LogP contribution is -2.43. The quantitative estimate of drug-likeness (QED) is 0.901. The monoisotopic (exact) mass is 278 g/mol. The van der Waals surface area contributed by atoms with E-state index in [2.05, 4.69) is 15.0 Å². The van der Waals surface area contributed by atoms with Crippen LogP contribution in [-0.4, -0.2) is 45.5 Å². The Morgan fingerprint density at radius 3 is 3.16 bits per heavy atom. The largest absolute Gasteiger partial charge is 0.377 e. The van der Waals surface area contributed by atoms with E-state index in [4.69, 9.17) is 4.74 Å². The van der Waals surface area contributed by atoms with Crippen LogP contribution in [0.3, 0.4) is 0 Å². The number of nitrogens with zero attached hydrogens (tertiary/aromatic N) is 3. The molecular weight excluding hydrogens is 264 g/mol. The van der Waals surface area contributed by atoms with Crippen molar-refractivity contribution in [2.75, 3.05) is 19.8 Å². The highest BCUT2D eigenvalue weighted by Crippen LogP contribution is 2.24. The van der Waals surface area contributed by atoms with Crippen LogP contribution in [-0.2, 0) is 4.74 Å². The molecule has 0 spiro atoms. The van der Waals surface area contributed by atoms with E-state index < -0.39 is 0 Å². The zero-order valence-corrected chi connectivity index (χ0v) is 11.3. The van der Waals surface area contributed by atoms with Crippen molar-refractivity contribution in [3.8, 4) is 0 Å². The number of hydrogen-bond acceptors (Lipinski definition) is 5. The number of ether oxygens (including phenoxy) is 1. The number of thiazole rings is 1. The summed E-state index contributed by atoms with van der Waals surface area (Å²) >= 11 is 1.35. The molecule has 0 saturated carbocycles. The van der Waals surface area contributed by atoms with Gasteiger partial charge in [0, 0.05) is 18.4 Å². The van der Waals surface area contributed by atoms with Crippen LogP contribution in [0.25, 0.3) is 0 Å². The number of aryl methyl sites for hydroxylation is 1. The van der Waals surface area contributed by atoms with Crippen molar-refractivity contribution in [3.63, 3.8) is 0 Å². The van der Waals surface area contributed by atoms with Crippen molar-refractivity contribution in [1.29, 1.82) is 0 Å². The van der Waals surface area contributed by atoms with E-state index in [1.54, 1.807) is 22.8 Å². The van der Waals surface area contributed by atoms with Gasteiger partial charge in [0.25, 0.3) is 5.91 Å². The molecule has 0 unspecified atom stereocenters. The molecule has 100 valence electrons. The van der Waals surface area contributed by atoms with E-state index in [1.807, 2.05) is 6.92 Å². The van der Waals surface area contributed by atoms with E-state index in [9.17, 15) is 4.79 Å². The Hall–Kier alpha value is -1.73. The minimum atomic E-state index is -0.156. The molecule has 0 aromatic carbocycles. The molecule has 3 rings (SSSR count). The first-order chi connectivity index (χ1) is 9.25. The third-order valence-corrected chi connectivity index (χ3v) is 3.83. The molecule has 7 heteroatoms. The van der Waals surface area contributed by atoms with Crippen LogP contribution in [0, 0.1) is 6.92 Å². The maximum absolute atomic E-state index is 12.5. The van der Waals surface area contributed by atoms with Crippen LogP contribution in [0.15, 0.2) is 17.9 Å². The molecule has 1 saturated heterocycles. The molecule has 1 N–H and O–H groups in total. The highest BCUT2D eigenvalue weighted by molar-refractivity contribution is 7.11. The van der Waals surface area contributed by atoms with Crippen molar-refractivity contribution >= 4 is 17.2 Å². The molecule has 6 nitrogen and oxygen atoms in total. The van der Waals surface area contributed by atoms with Gasteiger partial charge in [0.05, 0.1) is 24.9 Å². The molecule has 19 heavy (non-hydrogen) atoms. The average molecular weight is 278 g/mol. The summed E-state index contributed by atoms with van der Waals surface area (Å²) < 4.78 is 5.48. The Kier molecular flexibility index (Phi) is 3.31. The summed E-state index contributed by atoms with van der Waals surface area (Å²) in [6.07, 6.45) is 3.37. The Labute approximate surface area is 114 Å². The smallest absolute Gasteiger partial charge is 0.266 e. The predicted octanol–water partition coefficient (Wildman–Crippen LogP) is 1.39. The van der Waals surface area contributed by atoms with Crippen molar-refractivity contribution in [3.05, 3.63) is 34.3 Å². The van der Waals surface area contributed by atoms with Crippen molar-refractivity contribution in [2.24, 2.45) is 0 Å². The van der Waals surface area contributed by atoms with Gasteiger partial charge in [0.2, 0.25) is 0 Å². The molecular formula is C12H14N4O2S. The van der Waals surface area contributed by atoms with Crippen LogP contribution in [0.1, 0.15) is 27.2 Å². The number of carbonyl (C=O) groups is 1. The van der Waals surface area contributed by atoms with Crippen molar-refractivity contribution in [1.82, 2.24) is 19.9 Å². The Balaban J connectivity index is 1.87. The number of aromatic nitrogens is 3. The Bertz CT molecular complexity index is 566. The summed E-state index contributed by atoms with van der Waals surface area (Å²) in [7, 11) is 0. The summed E-state index contributed by atoms with van der Waals surface area (Å²) in [4.78, 5) is 26.3. The van der Waals surface area contributed by atoms with Crippen molar-refractivity contribution in [2.45, 2.75) is 13.0 Å². The van der Waals surface area contributed by atoms with Gasteiger partial charge in [0.1, 0.15) is 16.7 Å². The predicted molar refractivity (Wildman–Crippen MR) is 70.0 cm³/mol. The molecule has 1 fully saturated rings. The fraction of sp³-hybridized carbons (Fsp3) is 0.417. The normalized spacial score (nSPS) is 19.6. The molecule has 1 atom stereocenters. The van der Waals surface area contributed by atoms with Gasteiger partial charge < -0.3 is 14.6 Å². The number of nitrogens with one attached hydrogen (secondary N) is 1. The molecule has 1 aliphatic heterocycles. The summed E-state index contributed by atoms with van der Waals surface area (Å²) in [5.41, 5.74) is 2.64. The number of imidazole rings is 1. The van der Waals surface area contributed by atoms with Crippen LogP contribution >= 0.6 is 11.3 Å². The van der Waals surface area contributed by atoms with Gasteiger partial charge in [-0.25, -0.2) is 4.98 Å². The summed E-state index contributed by atoms with van der Waals surface area (Å²) in [6.45, 7) is 3.54. The van der Waals surface area contributed by atoms with Gasteiger partial charge in [-0.15, -0.1) is 11.3 Å². The van der Waals surface area contributed by atoms with Gasteiger partial charge in [0.15, 0.2) is 0 Å². The lowest BCUT2D eigenvalue weighted by Gasteiger charge is -2.34. The molecule has 0 radical (unpaired) electrons. The highest BCUT2D eigenvalue weighted by Gasteiger charge is 2.31. The second-order valence-electron chi connectivity index (χ2n) is 4.41. The molecule has 2 aromatic rings. The first kappa shape index (κ1) is 12.3. The van der Waals surface area contributed by atoms with E-state index >= 15 is 0 Å². The molecule has 3 heterocycles. The lowest BCUT2D eigenvalue weighted by atomic mass is 10.2. The molecule has 0 bridgehead atoms. The first-order valence-corrected chi connectivity index (χ1v) is 6.92. The van der Waals surface area contributed by atoms with Gasteiger partial charge >= 0.3 is 0 Å². The van der Waals surface area contributed by atoms with Crippen LogP contribution in [0.5, 0.6) is 0 Å². The summed E-state index contributed by atoms with van der Waals surface area (Å²) in [5.74, 6) is 0.764. The number of hydrogen-bond donors (Lipinski definition) is 1. The average Bonchev–Trinajstić information content (AvgIpc) is 3.09. The van der Waals surface area contributed by atoms with Crippen molar-refractivity contribution < 1.29 is 9.53 Å². The molecule has 1 amide bonds. The fourth-order valence-corrected chi connectivity index (χ4v) is 2.71. The van der Waals surface area contributed by atoms with E-state index in [0.29, 0.717) is 24.6 Å². The lowest BCUT2D eigenvalue weighted by molar-refractivity contribution is -0.00476. The number of aromatic amines is 1. The minimum absolute atomic E-state index is 0.00940. The zero-order valence-electron chi connectivity index (χ0n) is 10.5. The van der Waals surface area contributed by atoms with Gasteiger partial charge in [-0.05, 0) is 6.92 Å². The SMILES string of the molecule is Cc1cnc([C@@H]2COCCN2C(=O)c2cncs2)[nH]1. The zero-order chi connectivity index (χ0) is 13.2. The van der Waals surface area contributed by atoms with Crippen LogP contribution < -0.4 is 0 Å². The summed E-state index contributed by atoms with van der Waals surface area (Å²) in [5, 5.41) is 0. The summed E-state index contributed by atoms with van der Waals surface area (Å²) in [6, 6.07) is -0.156. The van der Waals surface area contributed by atoms with E-state index in [1.165, 1.54) is 11.3 Å². The Morgan fingerprint density at radius 1 is 1.58 bits per heavy atom. The van der Waals surface area contributed by atoms with Gasteiger partial charge in [-0.1, -0.05) is 0 Å². The minimum Gasteiger partial charge on any atom is -0.377 e. The molecule has 0 aliphatic carbocycles. The van der Waals surface area contributed by atoms with E-state index in [-0.39, 0.29) is 11.9 Å². The second kappa shape index (κ2) is 5.10. The molecule has 1 aliphatic rings. The van der Waals surface area contributed by atoms with Crippen LogP contribution in [0.4, 0.5) is 0 Å². The van der Waals surface area contributed by atoms with E-state index in [0.717, 1.165) is 11.5 Å². The number of carbonyl (C=O) groups excluding carboxylic acids is 1. The third kappa shape index (κ3) is 2.39. The maximum Gasteiger partial charge on any atom is 0.266 e. The van der Waals surface area contributed by atoms with Gasteiger partial charge in [-0.2, -0.15) is 0 Å². The molecule has 2 aromatic heterocycles. The maximum atomic E-state index is 12.5. The van der Waals surface area contributed by atoms with Crippen LogP contribution in [0.2, 0.25) is 0 Å². The number of amides is 1. The third-order valence-electron chi connectivity index (χ3n) is 3.07. The number of morpholine rings is 1.